The average molecular weight is 354 g/mol. The summed E-state index contributed by atoms with van der Waals surface area (Å²) in [5.74, 6) is 0.704. The van der Waals surface area contributed by atoms with Crippen molar-refractivity contribution in [2.24, 2.45) is 0 Å². The van der Waals surface area contributed by atoms with Gasteiger partial charge in [-0.05, 0) is 61.2 Å². The van der Waals surface area contributed by atoms with E-state index < -0.39 is 0 Å². The number of hydrogen-bond donors (Lipinski definition) is 2. The lowest BCUT2D eigenvalue weighted by atomic mass is 10.1. The summed E-state index contributed by atoms with van der Waals surface area (Å²) in [7, 11) is 0. The predicted octanol–water partition coefficient (Wildman–Crippen LogP) is 5.26. The predicted molar refractivity (Wildman–Crippen MR) is 107 cm³/mol. The van der Waals surface area contributed by atoms with E-state index in [2.05, 4.69) is 21.4 Å². The van der Waals surface area contributed by atoms with Gasteiger partial charge in [-0.25, -0.2) is 4.98 Å². The number of benzene rings is 1. The van der Waals surface area contributed by atoms with Crippen molar-refractivity contribution in [3.05, 3.63) is 71.7 Å². The third kappa shape index (κ3) is 2.68. The van der Waals surface area contributed by atoms with Crippen molar-refractivity contribution < 1.29 is 4.42 Å². The molecule has 0 radical (unpaired) electrons. The van der Waals surface area contributed by atoms with E-state index in [1.807, 2.05) is 43.3 Å². The lowest BCUT2D eigenvalue weighted by molar-refractivity contribution is 0.628. The lowest BCUT2D eigenvalue weighted by Gasteiger charge is -2.09. The van der Waals surface area contributed by atoms with E-state index >= 15 is 0 Å². The fourth-order valence-corrected chi connectivity index (χ4v) is 3.64. The highest BCUT2D eigenvalue weighted by molar-refractivity contribution is 6.03. The molecule has 3 heterocycles. The molecule has 5 nitrogen and oxygen atoms in total. The number of nitrogens with zero attached hydrogens (tertiary/aromatic N) is 2. The van der Waals surface area contributed by atoms with Crippen LogP contribution in [0.5, 0.6) is 0 Å². The van der Waals surface area contributed by atoms with Gasteiger partial charge in [-0.15, -0.1) is 0 Å². The Morgan fingerprint density at radius 2 is 2.04 bits per heavy atom. The average Bonchev–Trinajstić information content (AvgIpc) is 3.23. The van der Waals surface area contributed by atoms with Crippen molar-refractivity contribution in [2.75, 3.05) is 5.32 Å². The first-order chi connectivity index (χ1) is 13.2. The molecule has 0 bridgehead atoms. The number of nitrogens with one attached hydrogen (secondary N) is 2. The Balaban J connectivity index is 1.64. The normalized spacial score (nSPS) is 13.1. The van der Waals surface area contributed by atoms with Gasteiger partial charge < -0.3 is 15.1 Å². The minimum atomic E-state index is 0.704. The second kappa shape index (κ2) is 6.06. The van der Waals surface area contributed by atoms with Crippen LogP contribution < -0.4 is 5.32 Å². The van der Waals surface area contributed by atoms with E-state index in [1.54, 1.807) is 12.4 Å². The third-order valence-electron chi connectivity index (χ3n) is 4.96. The molecule has 3 aromatic heterocycles. The molecule has 0 atom stereocenters. The molecule has 0 unspecified atom stereocenters. The summed E-state index contributed by atoms with van der Waals surface area (Å²) < 4.78 is 6.10. The SMILES string of the molecule is Cc1cccc(-c2oc3cnccc3c2Nc2ccc3c(c2)CCC3=N)n1. The fourth-order valence-electron chi connectivity index (χ4n) is 3.64. The zero-order valence-corrected chi connectivity index (χ0v) is 14.9. The van der Waals surface area contributed by atoms with Crippen LogP contribution in [0.4, 0.5) is 11.4 Å². The number of fused-ring (bicyclic) bond motifs is 2. The summed E-state index contributed by atoms with van der Waals surface area (Å²) in [6.45, 7) is 1.97. The molecule has 1 aliphatic carbocycles. The van der Waals surface area contributed by atoms with Gasteiger partial charge in [0.25, 0.3) is 0 Å². The van der Waals surface area contributed by atoms with Crippen LogP contribution in [0.2, 0.25) is 0 Å². The first-order valence-corrected chi connectivity index (χ1v) is 8.97. The molecule has 0 fully saturated rings. The number of aromatic nitrogens is 2. The highest BCUT2D eigenvalue weighted by Gasteiger charge is 2.20. The summed E-state index contributed by atoms with van der Waals surface area (Å²) in [4.78, 5) is 8.80. The molecule has 0 amide bonds. The number of furan rings is 1. The molecule has 1 aromatic carbocycles. The molecule has 0 saturated heterocycles. The standard InChI is InChI=1S/C22H18N4O/c1-13-3-2-4-19(25-13)22-21(17-9-10-24-12-20(17)27-22)26-15-6-7-16-14(11-15)5-8-18(16)23/h2-4,6-7,9-12,23,26H,5,8H2,1H3. The van der Waals surface area contributed by atoms with Gasteiger partial charge in [-0.1, -0.05) is 12.1 Å². The monoisotopic (exact) mass is 354 g/mol. The van der Waals surface area contributed by atoms with Gasteiger partial charge in [-0.3, -0.25) is 4.98 Å². The summed E-state index contributed by atoms with van der Waals surface area (Å²) in [5, 5.41) is 12.5. The fraction of sp³-hybridized carbons (Fsp3) is 0.136. The van der Waals surface area contributed by atoms with Crippen molar-refractivity contribution in [3.8, 4) is 11.5 Å². The quantitative estimate of drug-likeness (QED) is 0.526. The Hall–Kier alpha value is -3.47. The molecule has 27 heavy (non-hydrogen) atoms. The van der Waals surface area contributed by atoms with E-state index in [9.17, 15) is 0 Å². The molecular formula is C22H18N4O. The van der Waals surface area contributed by atoms with Gasteiger partial charge in [0.2, 0.25) is 0 Å². The Morgan fingerprint density at radius 3 is 2.93 bits per heavy atom. The highest BCUT2D eigenvalue weighted by Crippen LogP contribution is 2.39. The van der Waals surface area contributed by atoms with Crippen LogP contribution in [0.1, 0.15) is 23.2 Å². The van der Waals surface area contributed by atoms with E-state index in [4.69, 9.17) is 9.83 Å². The maximum atomic E-state index is 8.02. The summed E-state index contributed by atoms with van der Waals surface area (Å²) in [6.07, 6.45) is 5.23. The van der Waals surface area contributed by atoms with Gasteiger partial charge in [0.1, 0.15) is 5.69 Å². The molecule has 5 heteroatoms. The molecule has 2 N–H and O–H groups in total. The van der Waals surface area contributed by atoms with Crippen LogP contribution in [-0.2, 0) is 6.42 Å². The van der Waals surface area contributed by atoms with E-state index in [0.717, 1.165) is 57.8 Å². The van der Waals surface area contributed by atoms with Crippen LogP contribution in [-0.4, -0.2) is 15.7 Å². The Kier molecular flexibility index (Phi) is 3.53. The van der Waals surface area contributed by atoms with Crippen molar-refractivity contribution in [3.63, 3.8) is 0 Å². The second-order valence-electron chi connectivity index (χ2n) is 6.82. The van der Waals surface area contributed by atoms with Crippen LogP contribution in [0.25, 0.3) is 22.4 Å². The minimum Gasteiger partial charge on any atom is -0.451 e. The van der Waals surface area contributed by atoms with Crippen LogP contribution in [0.15, 0.2) is 59.3 Å². The van der Waals surface area contributed by atoms with Crippen LogP contribution in [0, 0.1) is 12.3 Å². The lowest BCUT2D eigenvalue weighted by Crippen LogP contribution is -1.96. The molecule has 4 aromatic rings. The number of aryl methyl sites for hydroxylation is 2. The van der Waals surface area contributed by atoms with E-state index in [-0.39, 0.29) is 0 Å². The molecule has 0 spiro atoms. The number of anilines is 2. The van der Waals surface area contributed by atoms with Gasteiger partial charge in [0, 0.05) is 28.7 Å². The van der Waals surface area contributed by atoms with Crippen LogP contribution >= 0.6 is 0 Å². The third-order valence-corrected chi connectivity index (χ3v) is 4.96. The summed E-state index contributed by atoms with van der Waals surface area (Å²) in [6, 6.07) is 14.0. The van der Waals surface area contributed by atoms with Crippen molar-refractivity contribution in [2.45, 2.75) is 19.8 Å². The topological polar surface area (TPSA) is 74.8 Å². The van der Waals surface area contributed by atoms with E-state index in [0.29, 0.717) is 5.76 Å². The van der Waals surface area contributed by atoms with Gasteiger partial charge in [-0.2, -0.15) is 0 Å². The number of hydrogen-bond acceptors (Lipinski definition) is 5. The highest BCUT2D eigenvalue weighted by atomic mass is 16.3. The number of pyridine rings is 2. The van der Waals surface area contributed by atoms with Gasteiger partial charge in [0.05, 0.1) is 11.9 Å². The Labute approximate surface area is 156 Å². The maximum absolute atomic E-state index is 8.02. The van der Waals surface area contributed by atoms with Crippen molar-refractivity contribution in [1.29, 1.82) is 5.41 Å². The van der Waals surface area contributed by atoms with E-state index in [1.165, 1.54) is 5.56 Å². The molecule has 5 rings (SSSR count). The molecular weight excluding hydrogens is 336 g/mol. The first kappa shape index (κ1) is 15.8. The summed E-state index contributed by atoms with van der Waals surface area (Å²) in [5.41, 5.74) is 7.32. The Morgan fingerprint density at radius 1 is 1.11 bits per heavy atom. The maximum Gasteiger partial charge on any atom is 0.177 e. The molecule has 1 aliphatic rings. The second-order valence-corrected chi connectivity index (χ2v) is 6.82. The largest absolute Gasteiger partial charge is 0.451 e. The molecule has 0 saturated carbocycles. The molecule has 0 aliphatic heterocycles. The molecule has 132 valence electrons. The van der Waals surface area contributed by atoms with Gasteiger partial charge >= 0.3 is 0 Å². The number of rotatable bonds is 3. The van der Waals surface area contributed by atoms with Crippen LogP contribution in [0.3, 0.4) is 0 Å². The van der Waals surface area contributed by atoms with Gasteiger partial charge in [0.15, 0.2) is 11.3 Å². The summed E-state index contributed by atoms with van der Waals surface area (Å²) >= 11 is 0. The first-order valence-electron chi connectivity index (χ1n) is 8.97. The Bertz CT molecular complexity index is 1190. The zero-order chi connectivity index (χ0) is 18.4. The van der Waals surface area contributed by atoms with Crippen molar-refractivity contribution in [1.82, 2.24) is 9.97 Å². The van der Waals surface area contributed by atoms with Crippen molar-refractivity contribution >= 4 is 28.1 Å². The smallest absolute Gasteiger partial charge is 0.177 e. The minimum absolute atomic E-state index is 0.704. The zero-order valence-electron chi connectivity index (χ0n) is 14.9.